The van der Waals surface area contributed by atoms with Crippen molar-refractivity contribution in [3.8, 4) is 23.0 Å². The van der Waals surface area contributed by atoms with Gasteiger partial charge >= 0.3 is 0 Å². The van der Waals surface area contributed by atoms with Crippen molar-refractivity contribution in [1.82, 2.24) is 0 Å². The molecule has 0 aliphatic heterocycles. The van der Waals surface area contributed by atoms with Gasteiger partial charge in [0.2, 0.25) is 0 Å². The van der Waals surface area contributed by atoms with Crippen LogP contribution in [0.2, 0.25) is 0 Å². The van der Waals surface area contributed by atoms with Gasteiger partial charge in [-0.15, -0.1) is 0 Å². The molecule has 0 saturated heterocycles. The summed E-state index contributed by atoms with van der Waals surface area (Å²) in [5, 5.41) is 40.7. The highest BCUT2D eigenvalue weighted by Crippen LogP contribution is 2.43. The van der Waals surface area contributed by atoms with Gasteiger partial charge in [-0.05, 0) is 202 Å². The van der Waals surface area contributed by atoms with Crippen molar-refractivity contribution in [3.63, 3.8) is 0 Å². The first kappa shape index (κ1) is 51.9. The Morgan fingerprint density at radius 3 is 0.714 bits per heavy atom. The molecule has 0 spiro atoms. The van der Waals surface area contributed by atoms with Crippen LogP contribution in [-0.2, 0) is 49.4 Å². The van der Waals surface area contributed by atoms with E-state index in [-0.39, 0.29) is 28.4 Å². The first-order chi connectivity index (χ1) is 37.1. The number of benzene rings is 10. The molecule has 10 aromatic rings. The molecule has 384 valence electrons. The zero-order chi connectivity index (χ0) is 53.7. The molecule has 0 amide bonds. The van der Waals surface area contributed by atoms with Crippen LogP contribution in [0.4, 0.5) is 0 Å². The zero-order valence-corrected chi connectivity index (χ0v) is 44.9. The highest BCUT2D eigenvalue weighted by Gasteiger charge is 2.34. The SMILES string of the molecule is Cc1ccc(Cc2cc(Cc3ccc(C)cc3)cc(C(C)(c3ccc(C(C)(C)c4cc(Cc5ccc(O)cc5)cc(Cc5ccc(O)cc5)c4)cc3)c3cc(Cc4ccc(O)cc4)cc(Cc4ccc(O)cc4)c3)c2)cc1. The molecule has 0 heterocycles. The monoisotopic (exact) mass is 1010 g/mol. The van der Waals surface area contributed by atoms with Crippen LogP contribution in [0.15, 0.2) is 224 Å². The lowest BCUT2D eigenvalue weighted by Crippen LogP contribution is -2.27. The topological polar surface area (TPSA) is 80.9 Å². The van der Waals surface area contributed by atoms with Crippen molar-refractivity contribution >= 4 is 0 Å². The van der Waals surface area contributed by atoms with Crippen molar-refractivity contribution in [3.05, 3.63) is 330 Å². The smallest absolute Gasteiger partial charge is 0.115 e. The van der Waals surface area contributed by atoms with E-state index in [2.05, 4.69) is 162 Å². The third kappa shape index (κ3) is 12.6. The normalized spacial score (nSPS) is 12.3. The minimum absolute atomic E-state index is 0.248. The molecular formula is C73H68O4. The van der Waals surface area contributed by atoms with Crippen LogP contribution in [0.3, 0.4) is 0 Å². The summed E-state index contributed by atoms with van der Waals surface area (Å²) in [5.41, 5.74) is 21.7. The van der Waals surface area contributed by atoms with Crippen LogP contribution in [-0.4, -0.2) is 20.4 Å². The van der Waals surface area contributed by atoms with Gasteiger partial charge in [0.05, 0.1) is 0 Å². The van der Waals surface area contributed by atoms with E-state index in [1.54, 1.807) is 48.5 Å². The van der Waals surface area contributed by atoms with Gasteiger partial charge in [0, 0.05) is 10.8 Å². The van der Waals surface area contributed by atoms with Crippen molar-refractivity contribution in [1.29, 1.82) is 0 Å². The Balaban J connectivity index is 1.12. The Kier molecular flexibility index (Phi) is 15.0. The summed E-state index contributed by atoms with van der Waals surface area (Å²) in [6.07, 6.45) is 4.41. The van der Waals surface area contributed by atoms with Crippen molar-refractivity contribution in [2.75, 3.05) is 0 Å². The minimum Gasteiger partial charge on any atom is -0.508 e. The van der Waals surface area contributed by atoms with Crippen molar-refractivity contribution < 1.29 is 20.4 Å². The van der Waals surface area contributed by atoms with Gasteiger partial charge in [0.1, 0.15) is 23.0 Å². The Hall–Kier alpha value is -8.60. The van der Waals surface area contributed by atoms with E-state index in [9.17, 15) is 20.4 Å². The number of phenolic OH excluding ortho intramolecular Hbond substituents is 4. The van der Waals surface area contributed by atoms with Gasteiger partial charge in [0.25, 0.3) is 0 Å². The Labute approximate surface area is 455 Å². The van der Waals surface area contributed by atoms with Crippen molar-refractivity contribution in [2.24, 2.45) is 0 Å². The average Bonchev–Trinajstić information content (AvgIpc) is 3.49. The second kappa shape index (κ2) is 22.3. The second-order valence-electron chi connectivity index (χ2n) is 22.1. The number of aromatic hydroxyl groups is 4. The summed E-state index contributed by atoms with van der Waals surface area (Å²) in [4.78, 5) is 0. The number of hydrogen-bond acceptors (Lipinski definition) is 4. The summed E-state index contributed by atoms with van der Waals surface area (Å²) in [5.74, 6) is 1.01. The highest BCUT2D eigenvalue weighted by atomic mass is 16.3. The molecule has 10 aromatic carbocycles. The van der Waals surface area contributed by atoms with E-state index in [1.165, 1.54) is 83.5 Å². The lowest BCUT2D eigenvalue weighted by molar-refractivity contribution is 0.474. The predicted octanol–water partition coefficient (Wildman–Crippen LogP) is 16.4. The Morgan fingerprint density at radius 1 is 0.234 bits per heavy atom. The fraction of sp³-hybridized carbons (Fsp3) is 0.178. The van der Waals surface area contributed by atoms with E-state index in [0.717, 1.165) is 47.9 Å². The molecule has 10 rings (SSSR count). The number of hydrogen-bond donors (Lipinski definition) is 4. The largest absolute Gasteiger partial charge is 0.508 e. The second-order valence-corrected chi connectivity index (χ2v) is 22.1. The van der Waals surface area contributed by atoms with Gasteiger partial charge in [-0.25, -0.2) is 0 Å². The minimum atomic E-state index is -0.635. The van der Waals surface area contributed by atoms with Crippen LogP contribution < -0.4 is 0 Å². The van der Waals surface area contributed by atoms with Gasteiger partial charge in [0.15, 0.2) is 0 Å². The first-order valence-electron chi connectivity index (χ1n) is 26.8. The molecule has 4 nitrogen and oxygen atoms in total. The zero-order valence-electron chi connectivity index (χ0n) is 44.9. The van der Waals surface area contributed by atoms with Crippen LogP contribution in [0.5, 0.6) is 23.0 Å². The standard InChI is InChI=1S/C73H68O4/c1-49-6-10-51(11-7-49)34-59-41-60(35-52-12-8-50(2)9-13-52)46-66(45-59)73(5,67-47-61(38-55-18-30-70(76)31-19-55)42-62(48-67)39-56-20-32-71(77)33-21-56)64-24-22-63(23-25-64)72(3,4)65-43-57(36-53-14-26-68(74)27-15-53)40-58(44-65)37-54-16-28-69(75)29-17-54/h6-33,40-48,74-77H,34-39H2,1-5H3. The Bertz CT molecular complexity index is 3270. The molecule has 1 unspecified atom stereocenters. The first-order valence-corrected chi connectivity index (χ1v) is 26.8. The van der Waals surface area contributed by atoms with E-state index < -0.39 is 5.41 Å². The summed E-state index contributed by atoms with van der Waals surface area (Å²) in [7, 11) is 0. The number of phenols is 4. The summed E-state index contributed by atoms with van der Waals surface area (Å²) >= 11 is 0. The molecular weight excluding hydrogens is 941 g/mol. The third-order valence-corrected chi connectivity index (χ3v) is 15.7. The van der Waals surface area contributed by atoms with Crippen LogP contribution >= 0.6 is 0 Å². The number of rotatable bonds is 17. The molecule has 0 aliphatic rings. The highest BCUT2D eigenvalue weighted by molar-refractivity contribution is 5.56. The van der Waals surface area contributed by atoms with Crippen LogP contribution in [0, 0.1) is 13.8 Å². The number of aryl methyl sites for hydroxylation is 2. The molecule has 0 bridgehead atoms. The van der Waals surface area contributed by atoms with Gasteiger partial charge in [-0.2, -0.15) is 0 Å². The summed E-state index contributed by atoms with van der Waals surface area (Å²) in [6, 6.07) is 78.6. The van der Waals surface area contributed by atoms with E-state index in [1.807, 2.05) is 48.5 Å². The molecule has 77 heavy (non-hydrogen) atoms. The molecule has 4 N–H and O–H groups in total. The van der Waals surface area contributed by atoms with Gasteiger partial charge < -0.3 is 20.4 Å². The average molecular weight is 1010 g/mol. The lowest BCUT2D eigenvalue weighted by atomic mass is 9.68. The van der Waals surface area contributed by atoms with Crippen LogP contribution in [0.25, 0.3) is 0 Å². The molecule has 4 heteroatoms. The Morgan fingerprint density at radius 2 is 0.455 bits per heavy atom. The lowest BCUT2D eigenvalue weighted by Gasteiger charge is -2.35. The van der Waals surface area contributed by atoms with E-state index in [4.69, 9.17) is 0 Å². The van der Waals surface area contributed by atoms with Gasteiger partial charge in [-0.3, -0.25) is 0 Å². The predicted molar refractivity (Wildman–Crippen MR) is 315 cm³/mol. The molecule has 0 radical (unpaired) electrons. The maximum atomic E-state index is 10.3. The van der Waals surface area contributed by atoms with E-state index >= 15 is 0 Å². The molecule has 0 aromatic heterocycles. The fourth-order valence-electron chi connectivity index (χ4n) is 11.0. The summed E-state index contributed by atoms with van der Waals surface area (Å²) < 4.78 is 0. The quantitative estimate of drug-likeness (QED) is 0.0685. The van der Waals surface area contributed by atoms with Crippen LogP contribution in [0.1, 0.15) is 126 Å². The molecule has 0 saturated carbocycles. The fourth-order valence-corrected chi connectivity index (χ4v) is 11.0. The third-order valence-electron chi connectivity index (χ3n) is 15.7. The maximum absolute atomic E-state index is 10.3. The molecule has 0 fully saturated rings. The maximum Gasteiger partial charge on any atom is 0.115 e. The van der Waals surface area contributed by atoms with Gasteiger partial charge in [-0.1, -0.05) is 201 Å². The molecule has 0 aliphatic carbocycles. The molecule has 1 atom stereocenters. The summed E-state index contributed by atoms with van der Waals surface area (Å²) in [6.45, 7) is 11.3. The van der Waals surface area contributed by atoms with E-state index in [0.29, 0.717) is 12.8 Å². The van der Waals surface area contributed by atoms with Crippen molar-refractivity contribution in [2.45, 2.75) is 84.0 Å².